The Morgan fingerprint density at radius 2 is 1.67 bits per heavy atom. The zero-order valence-corrected chi connectivity index (χ0v) is 11.7. The molecular weight excluding hydrogens is 262 g/mol. The molecule has 104 valence electrons. The quantitative estimate of drug-likeness (QED) is 0.689. The van der Waals surface area contributed by atoms with Gasteiger partial charge in [-0.1, -0.05) is 42.5 Å². The van der Waals surface area contributed by atoms with E-state index in [4.69, 9.17) is 0 Å². The van der Waals surface area contributed by atoms with Crippen molar-refractivity contribution in [3.63, 3.8) is 0 Å². The Morgan fingerprint density at radius 3 is 2.38 bits per heavy atom. The molecule has 0 aliphatic heterocycles. The normalized spacial score (nSPS) is 10.7. The number of aromatic nitrogens is 1. The molecule has 3 heteroatoms. The van der Waals surface area contributed by atoms with Gasteiger partial charge in [0.2, 0.25) is 5.43 Å². The average Bonchev–Trinajstić information content (AvgIpc) is 2.56. The van der Waals surface area contributed by atoms with E-state index < -0.39 is 0 Å². The highest BCUT2D eigenvalue weighted by Gasteiger charge is 2.16. The molecule has 0 unspecified atom stereocenters. The first kappa shape index (κ1) is 13.3. The number of carbonyl (C=O) groups excluding carboxylic acids is 1. The van der Waals surface area contributed by atoms with Crippen LogP contribution in [0.2, 0.25) is 0 Å². The number of pyridine rings is 1. The van der Waals surface area contributed by atoms with Crippen LogP contribution in [0, 0.1) is 0 Å². The van der Waals surface area contributed by atoms with E-state index in [2.05, 4.69) is 0 Å². The molecule has 21 heavy (non-hydrogen) atoms. The predicted octanol–water partition coefficient (Wildman–Crippen LogP) is 3.25. The van der Waals surface area contributed by atoms with Crippen LogP contribution in [0.4, 0.5) is 0 Å². The largest absolute Gasteiger partial charge is 0.347 e. The minimum absolute atomic E-state index is 0.204. The molecule has 0 bridgehead atoms. The number of hydrogen-bond acceptors (Lipinski definition) is 2. The molecule has 0 saturated carbocycles. The summed E-state index contributed by atoms with van der Waals surface area (Å²) in [6, 6.07) is 16.3. The highest BCUT2D eigenvalue weighted by atomic mass is 16.1. The Morgan fingerprint density at radius 1 is 1.00 bits per heavy atom. The monoisotopic (exact) mass is 277 g/mol. The van der Waals surface area contributed by atoms with Gasteiger partial charge in [-0.3, -0.25) is 9.59 Å². The van der Waals surface area contributed by atoms with Crippen molar-refractivity contribution in [2.75, 3.05) is 0 Å². The van der Waals surface area contributed by atoms with Crippen molar-refractivity contribution in [3.05, 3.63) is 82.1 Å². The van der Waals surface area contributed by atoms with Gasteiger partial charge >= 0.3 is 0 Å². The number of ketones is 1. The Labute approximate surface area is 122 Å². The van der Waals surface area contributed by atoms with Gasteiger partial charge in [0, 0.05) is 23.7 Å². The Kier molecular flexibility index (Phi) is 3.40. The van der Waals surface area contributed by atoms with Crippen molar-refractivity contribution in [3.8, 4) is 0 Å². The fourth-order valence-corrected chi connectivity index (χ4v) is 2.51. The number of rotatable bonds is 3. The summed E-state index contributed by atoms with van der Waals surface area (Å²) in [6.45, 7) is 2.70. The van der Waals surface area contributed by atoms with E-state index in [0.29, 0.717) is 17.5 Å². The number of nitrogens with zero attached hydrogens (tertiary/aromatic N) is 1. The Bertz CT molecular complexity index is 863. The standard InChI is InChI=1S/C18H15NO2/c1-2-19-12-15(17(20)13-8-4-3-5-9-13)18(21)14-10-6-7-11-16(14)19/h3-12H,2H2,1H3. The molecule has 3 aromatic rings. The lowest BCUT2D eigenvalue weighted by Crippen LogP contribution is -2.19. The van der Waals surface area contributed by atoms with Gasteiger partial charge in [-0.2, -0.15) is 0 Å². The molecule has 0 N–H and O–H groups in total. The summed E-state index contributed by atoms with van der Waals surface area (Å²) in [5.41, 5.74) is 1.41. The van der Waals surface area contributed by atoms with E-state index in [9.17, 15) is 9.59 Å². The summed E-state index contributed by atoms with van der Waals surface area (Å²) >= 11 is 0. The van der Waals surface area contributed by atoms with Gasteiger partial charge in [0.1, 0.15) is 0 Å². The molecule has 0 fully saturated rings. The van der Waals surface area contributed by atoms with E-state index in [0.717, 1.165) is 5.52 Å². The van der Waals surface area contributed by atoms with Gasteiger partial charge in [-0.15, -0.1) is 0 Å². The van der Waals surface area contributed by atoms with Crippen molar-refractivity contribution in [1.82, 2.24) is 4.57 Å². The lowest BCUT2D eigenvalue weighted by Gasteiger charge is -2.11. The zero-order chi connectivity index (χ0) is 14.8. The van der Waals surface area contributed by atoms with E-state index in [1.54, 1.807) is 36.5 Å². The highest BCUT2D eigenvalue weighted by molar-refractivity contribution is 6.10. The van der Waals surface area contributed by atoms with E-state index in [1.807, 2.05) is 35.8 Å². The number of para-hydroxylation sites is 1. The number of fused-ring (bicyclic) bond motifs is 1. The number of benzene rings is 2. The van der Waals surface area contributed by atoms with Gasteiger partial charge in [0.25, 0.3) is 0 Å². The second kappa shape index (κ2) is 5.37. The smallest absolute Gasteiger partial charge is 0.200 e. The van der Waals surface area contributed by atoms with Crippen molar-refractivity contribution in [1.29, 1.82) is 0 Å². The molecule has 0 radical (unpaired) electrons. The minimum Gasteiger partial charge on any atom is -0.347 e. The first-order chi connectivity index (χ1) is 10.2. The molecule has 0 saturated heterocycles. The molecule has 0 amide bonds. The van der Waals surface area contributed by atoms with Crippen LogP contribution in [0.15, 0.2) is 65.6 Å². The highest BCUT2D eigenvalue weighted by Crippen LogP contribution is 2.14. The van der Waals surface area contributed by atoms with Crippen LogP contribution in [0.1, 0.15) is 22.8 Å². The fraction of sp³-hybridized carbons (Fsp3) is 0.111. The molecule has 1 aromatic heterocycles. The van der Waals surface area contributed by atoms with Gasteiger partial charge in [-0.25, -0.2) is 0 Å². The van der Waals surface area contributed by atoms with Crippen LogP contribution >= 0.6 is 0 Å². The maximum Gasteiger partial charge on any atom is 0.200 e. The topological polar surface area (TPSA) is 39.1 Å². The van der Waals surface area contributed by atoms with Crippen LogP contribution in [0.25, 0.3) is 10.9 Å². The zero-order valence-electron chi connectivity index (χ0n) is 11.7. The average molecular weight is 277 g/mol. The summed E-state index contributed by atoms with van der Waals surface area (Å²) in [6.07, 6.45) is 1.67. The summed E-state index contributed by atoms with van der Waals surface area (Å²) in [5, 5.41) is 0.584. The summed E-state index contributed by atoms with van der Waals surface area (Å²) in [7, 11) is 0. The minimum atomic E-state index is -0.228. The van der Waals surface area contributed by atoms with Crippen LogP contribution in [0.5, 0.6) is 0 Å². The molecular formula is C18H15NO2. The second-order valence-corrected chi connectivity index (χ2v) is 4.87. The molecule has 0 spiro atoms. The molecule has 3 nitrogen and oxygen atoms in total. The van der Waals surface area contributed by atoms with Gasteiger partial charge in [-0.05, 0) is 19.1 Å². The van der Waals surface area contributed by atoms with Crippen LogP contribution < -0.4 is 5.43 Å². The second-order valence-electron chi connectivity index (χ2n) is 4.87. The summed E-state index contributed by atoms with van der Waals surface area (Å²) in [4.78, 5) is 25.1. The molecule has 1 heterocycles. The number of hydrogen-bond donors (Lipinski definition) is 0. The van der Waals surface area contributed by atoms with Crippen molar-refractivity contribution in [2.24, 2.45) is 0 Å². The van der Waals surface area contributed by atoms with Crippen LogP contribution in [0.3, 0.4) is 0 Å². The van der Waals surface area contributed by atoms with Gasteiger partial charge in [0.15, 0.2) is 5.78 Å². The van der Waals surface area contributed by atoms with E-state index in [-0.39, 0.29) is 16.8 Å². The Hall–Kier alpha value is -2.68. The van der Waals surface area contributed by atoms with Crippen molar-refractivity contribution in [2.45, 2.75) is 13.5 Å². The maximum atomic E-state index is 12.6. The maximum absolute atomic E-state index is 12.6. The molecule has 0 aliphatic carbocycles. The van der Waals surface area contributed by atoms with E-state index >= 15 is 0 Å². The van der Waals surface area contributed by atoms with Crippen LogP contribution in [-0.4, -0.2) is 10.4 Å². The van der Waals surface area contributed by atoms with Crippen molar-refractivity contribution < 1.29 is 4.79 Å². The third-order valence-electron chi connectivity index (χ3n) is 3.61. The summed E-state index contributed by atoms with van der Waals surface area (Å²) < 4.78 is 1.94. The number of carbonyl (C=O) groups is 1. The predicted molar refractivity (Wildman–Crippen MR) is 83.8 cm³/mol. The third-order valence-corrected chi connectivity index (χ3v) is 3.61. The molecule has 0 aliphatic rings. The fourth-order valence-electron chi connectivity index (χ4n) is 2.51. The molecule has 3 rings (SSSR count). The lowest BCUT2D eigenvalue weighted by atomic mass is 10.0. The molecule has 2 aromatic carbocycles. The SMILES string of the molecule is CCn1cc(C(=O)c2ccccc2)c(=O)c2ccccc21. The lowest BCUT2D eigenvalue weighted by molar-refractivity contribution is 0.103. The van der Waals surface area contributed by atoms with Crippen LogP contribution in [-0.2, 0) is 6.54 Å². The first-order valence-corrected chi connectivity index (χ1v) is 6.94. The Balaban J connectivity index is 2.27. The van der Waals surface area contributed by atoms with Crippen molar-refractivity contribution >= 4 is 16.7 Å². The molecule has 0 atom stereocenters. The third kappa shape index (κ3) is 2.27. The van der Waals surface area contributed by atoms with Gasteiger partial charge in [0.05, 0.1) is 11.1 Å². The number of aryl methyl sites for hydroxylation is 1. The van der Waals surface area contributed by atoms with E-state index in [1.165, 1.54) is 0 Å². The first-order valence-electron chi connectivity index (χ1n) is 6.94. The van der Waals surface area contributed by atoms with Gasteiger partial charge < -0.3 is 4.57 Å². The summed E-state index contributed by atoms with van der Waals surface area (Å²) in [5.74, 6) is -0.228.